The second kappa shape index (κ2) is 11.6. The van der Waals surface area contributed by atoms with Crippen molar-refractivity contribution in [2.24, 2.45) is 0 Å². The second-order valence-electron chi connectivity index (χ2n) is 9.67. The normalized spacial score (nSPS) is 27.0. The molecule has 2 aliphatic heterocycles. The Morgan fingerprint density at radius 3 is 1.69 bits per heavy atom. The van der Waals surface area contributed by atoms with Gasteiger partial charge in [-0.1, -0.05) is 91.0 Å². The fraction of sp³-hybridized carbons (Fsp3) is 0.400. The first kappa shape index (κ1) is 25.1. The SMILES string of the molecule is CC1(C)O[C@H]2O[C@H](COCc3ccccc3)[C@H](OCc3ccccc3)[C@H](OCc3ccccc3)[C@H]2O1. The highest BCUT2D eigenvalue weighted by molar-refractivity contribution is 5.15. The summed E-state index contributed by atoms with van der Waals surface area (Å²) in [6.45, 7) is 5.47. The van der Waals surface area contributed by atoms with Crippen LogP contribution in [0.2, 0.25) is 0 Å². The summed E-state index contributed by atoms with van der Waals surface area (Å²) < 4.78 is 37.9. The topological polar surface area (TPSA) is 55.4 Å². The third-order valence-corrected chi connectivity index (χ3v) is 6.38. The van der Waals surface area contributed by atoms with Gasteiger partial charge in [0.25, 0.3) is 0 Å². The molecule has 2 aliphatic rings. The van der Waals surface area contributed by atoms with E-state index in [0.29, 0.717) is 26.4 Å². The summed E-state index contributed by atoms with van der Waals surface area (Å²) in [5.41, 5.74) is 3.26. The van der Waals surface area contributed by atoms with E-state index in [1.54, 1.807) is 0 Å². The summed E-state index contributed by atoms with van der Waals surface area (Å²) in [6, 6.07) is 30.3. The van der Waals surface area contributed by atoms with E-state index in [4.69, 9.17) is 28.4 Å². The van der Waals surface area contributed by atoms with E-state index >= 15 is 0 Å². The van der Waals surface area contributed by atoms with Crippen LogP contribution in [-0.4, -0.2) is 43.1 Å². The van der Waals surface area contributed by atoms with Crippen molar-refractivity contribution >= 4 is 0 Å². The maximum atomic E-state index is 6.51. The summed E-state index contributed by atoms with van der Waals surface area (Å²) in [5, 5.41) is 0. The average molecular weight is 491 g/mol. The zero-order chi connectivity index (χ0) is 24.8. The quantitative estimate of drug-likeness (QED) is 0.387. The Balaban J connectivity index is 1.35. The second-order valence-corrected chi connectivity index (χ2v) is 9.67. The molecule has 0 saturated carbocycles. The number of benzene rings is 3. The van der Waals surface area contributed by atoms with Crippen LogP contribution in [0.5, 0.6) is 0 Å². The van der Waals surface area contributed by atoms with Gasteiger partial charge in [0, 0.05) is 0 Å². The largest absolute Gasteiger partial charge is 0.374 e. The molecule has 6 nitrogen and oxygen atoms in total. The molecule has 2 saturated heterocycles. The van der Waals surface area contributed by atoms with Gasteiger partial charge in [-0.2, -0.15) is 0 Å². The van der Waals surface area contributed by atoms with Gasteiger partial charge < -0.3 is 28.4 Å². The van der Waals surface area contributed by atoms with Crippen molar-refractivity contribution in [3.8, 4) is 0 Å². The van der Waals surface area contributed by atoms with Gasteiger partial charge in [-0.15, -0.1) is 0 Å². The molecule has 0 radical (unpaired) electrons. The van der Waals surface area contributed by atoms with E-state index in [1.807, 2.05) is 105 Å². The third kappa shape index (κ3) is 6.40. The fourth-order valence-corrected chi connectivity index (χ4v) is 4.66. The number of fused-ring (bicyclic) bond motifs is 1. The van der Waals surface area contributed by atoms with Crippen LogP contribution in [-0.2, 0) is 48.2 Å². The third-order valence-electron chi connectivity index (χ3n) is 6.38. The molecule has 6 heteroatoms. The van der Waals surface area contributed by atoms with Crippen molar-refractivity contribution in [1.82, 2.24) is 0 Å². The Kier molecular flexibility index (Phi) is 8.12. The zero-order valence-electron chi connectivity index (χ0n) is 20.8. The monoisotopic (exact) mass is 490 g/mol. The molecule has 0 unspecified atom stereocenters. The predicted molar refractivity (Wildman–Crippen MR) is 135 cm³/mol. The van der Waals surface area contributed by atoms with E-state index in [-0.39, 0.29) is 0 Å². The molecule has 36 heavy (non-hydrogen) atoms. The Morgan fingerprint density at radius 1 is 0.639 bits per heavy atom. The maximum Gasteiger partial charge on any atom is 0.190 e. The summed E-state index contributed by atoms with van der Waals surface area (Å²) in [4.78, 5) is 0. The highest BCUT2D eigenvalue weighted by atomic mass is 16.8. The van der Waals surface area contributed by atoms with Crippen LogP contribution in [0.3, 0.4) is 0 Å². The Hall–Kier alpha value is -2.58. The maximum absolute atomic E-state index is 6.51. The molecule has 0 spiro atoms. The molecule has 3 aromatic rings. The number of ether oxygens (including phenoxy) is 6. The highest BCUT2D eigenvalue weighted by Gasteiger charge is 2.55. The van der Waals surface area contributed by atoms with E-state index in [0.717, 1.165) is 16.7 Å². The lowest BCUT2D eigenvalue weighted by Gasteiger charge is -2.42. The molecule has 0 N–H and O–H groups in total. The molecule has 190 valence electrons. The van der Waals surface area contributed by atoms with Crippen LogP contribution in [0.1, 0.15) is 30.5 Å². The minimum Gasteiger partial charge on any atom is -0.374 e. The van der Waals surface area contributed by atoms with E-state index < -0.39 is 36.5 Å². The first-order chi connectivity index (χ1) is 17.6. The molecule has 0 aromatic heterocycles. The summed E-state index contributed by atoms with van der Waals surface area (Å²) >= 11 is 0. The van der Waals surface area contributed by atoms with E-state index in [2.05, 4.69) is 0 Å². The van der Waals surface area contributed by atoms with Crippen LogP contribution in [0.25, 0.3) is 0 Å². The lowest BCUT2D eigenvalue weighted by atomic mass is 9.98. The molecule has 5 rings (SSSR count). The summed E-state index contributed by atoms with van der Waals surface area (Å²) in [6.07, 6.45) is -2.20. The molecular formula is C30H34O6. The standard InChI is InChI=1S/C30H34O6/c1-30(2)35-28-27(33-20-24-16-10-5-11-17-24)26(32-19-23-14-8-4-9-15-23)25(34-29(28)36-30)21-31-18-22-12-6-3-7-13-22/h3-17,25-29H,18-21H2,1-2H3/t25-,26+,27+,28-,29-/m1/s1. The summed E-state index contributed by atoms with van der Waals surface area (Å²) in [5.74, 6) is -0.784. The van der Waals surface area contributed by atoms with Crippen LogP contribution >= 0.6 is 0 Å². The molecule has 3 aromatic carbocycles. The molecule has 2 fully saturated rings. The van der Waals surface area contributed by atoms with Crippen molar-refractivity contribution in [2.45, 2.75) is 70.2 Å². The van der Waals surface area contributed by atoms with Gasteiger partial charge in [0.1, 0.15) is 24.4 Å². The Bertz CT molecular complexity index is 1060. The smallest absolute Gasteiger partial charge is 0.190 e. The minimum absolute atomic E-state index is 0.340. The number of hydrogen-bond acceptors (Lipinski definition) is 6. The molecule has 0 amide bonds. The molecule has 0 aliphatic carbocycles. The van der Waals surface area contributed by atoms with Crippen molar-refractivity contribution in [3.05, 3.63) is 108 Å². The first-order valence-electron chi connectivity index (χ1n) is 12.5. The Morgan fingerprint density at radius 2 is 1.14 bits per heavy atom. The van der Waals surface area contributed by atoms with Gasteiger partial charge in [0.05, 0.1) is 26.4 Å². The molecule has 0 bridgehead atoms. The van der Waals surface area contributed by atoms with Crippen molar-refractivity contribution in [3.63, 3.8) is 0 Å². The van der Waals surface area contributed by atoms with Gasteiger partial charge >= 0.3 is 0 Å². The van der Waals surface area contributed by atoms with Crippen molar-refractivity contribution in [1.29, 1.82) is 0 Å². The number of hydrogen-bond donors (Lipinski definition) is 0. The van der Waals surface area contributed by atoms with Crippen LogP contribution in [0, 0.1) is 0 Å². The zero-order valence-corrected chi connectivity index (χ0v) is 20.8. The first-order valence-corrected chi connectivity index (χ1v) is 12.5. The molecule has 2 heterocycles. The van der Waals surface area contributed by atoms with Gasteiger partial charge in [-0.05, 0) is 30.5 Å². The molecule has 5 atom stereocenters. The average Bonchev–Trinajstić information content (AvgIpc) is 3.21. The predicted octanol–water partition coefficient (Wildman–Crippen LogP) is 5.25. The Labute approximate surface area is 213 Å². The van der Waals surface area contributed by atoms with Crippen molar-refractivity contribution in [2.75, 3.05) is 6.61 Å². The lowest BCUT2D eigenvalue weighted by molar-refractivity contribution is -0.279. The minimum atomic E-state index is -0.784. The van der Waals surface area contributed by atoms with Crippen LogP contribution in [0.4, 0.5) is 0 Å². The van der Waals surface area contributed by atoms with E-state index in [9.17, 15) is 0 Å². The summed E-state index contributed by atoms with van der Waals surface area (Å²) in [7, 11) is 0. The van der Waals surface area contributed by atoms with Gasteiger partial charge in [-0.3, -0.25) is 0 Å². The van der Waals surface area contributed by atoms with Gasteiger partial charge in [0.15, 0.2) is 12.1 Å². The lowest BCUT2D eigenvalue weighted by Crippen LogP contribution is -2.59. The van der Waals surface area contributed by atoms with Crippen LogP contribution < -0.4 is 0 Å². The van der Waals surface area contributed by atoms with Crippen molar-refractivity contribution < 1.29 is 28.4 Å². The van der Waals surface area contributed by atoms with Crippen LogP contribution in [0.15, 0.2) is 91.0 Å². The van der Waals surface area contributed by atoms with Gasteiger partial charge in [0.2, 0.25) is 0 Å². The highest BCUT2D eigenvalue weighted by Crippen LogP contribution is 2.39. The van der Waals surface area contributed by atoms with E-state index in [1.165, 1.54) is 0 Å². The van der Waals surface area contributed by atoms with Gasteiger partial charge in [-0.25, -0.2) is 0 Å². The fourth-order valence-electron chi connectivity index (χ4n) is 4.66. The number of rotatable bonds is 10. The molecular weight excluding hydrogens is 456 g/mol.